The molecule has 0 aliphatic heterocycles. The SMILES string of the molecule is CCNC(=NCC(C)(O)c1ccccc1)NCCC(=O)N(C)C.I. The van der Waals surface area contributed by atoms with Crippen LogP contribution in [0.5, 0.6) is 0 Å². The third kappa shape index (κ3) is 7.96. The molecular formula is C17H29IN4O2. The average molecular weight is 448 g/mol. The van der Waals surface area contributed by atoms with Gasteiger partial charge in [0, 0.05) is 33.6 Å². The fourth-order valence-electron chi connectivity index (χ4n) is 1.97. The number of carbonyl (C=O) groups excluding carboxylic acids is 1. The highest BCUT2D eigenvalue weighted by Gasteiger charge is 2.22. The van der Waals surface area contributed by atoms with Gasteiger partial charge in [0.05, 0.1) is 6.54 Å². The lowest BCUT2D eigenvalue weighted by Gasteiger charge is -2.22. The van der Waals surface area contributed by atoms with E-state index in [1.54, 1.807) is 25.9 Å². The normalized spacial score (nSPS) is 13.5. The molecule has 0 spiro atoms. The maximum Gasteiger partial charge on any atom is 0.223 e. The first-order valence-electron chi connectivity index (χ1n) is 7.87. The smallest absolute Gasteiger partial charge is 0.223 e. The number of halogens is 1. The van der Waals surface area contributed by atoms with Crippen LogP contribution < -0.4 is 10.6 Å². The maximum absolute atomic E-state index is 11.6. The number of rotatable bonds is 7. The molecule has 0 saturated heterocycles. The van der Waals surface area contributed by atoms with Crippen molar-refractivity contribution in [1.29, 1.82) is 0 Å². The Labute approximate surface area is 161 Å². The van der Waals surface area contributed by atoms with Crippen LogP contribution in [-0.2, 0) is 10.4 Å². The predicted octanol–water partition coefficient (Wildman–Crippen LogP) is 1.55. The standard InChI is InChI=1S/C17H28N4O2.HI/c1-5-18-16(19-12-11-15(22)21(3)4)20-13-17(2,23)14-9-7-6-8-10-14;/h6-10,23H,5,11-13H2,1-4H3,(H2,18,19,20);1H. The van der Waals surface area contributed by atoms with Gasteiger partial charge in [-0.3, -0.25) is 4.79 Å². The summed E-state index contributed by atoms with van der Waals surface area (Å²) in [5.41, 5.74) is -0.217. The van der Waals surface area contributed by atoms with Crippen molar-refractivity contribution in [3.63, 3.8) is 0 Å². The van der Waals surface area contributed by atoms with Gasteiger partial charge < -0.3 is 20.6 Å². The molecule has 7 heteroatoms. The largest absolute Gasteiger partial charge is 0.384 e. The fraction of sp³-hybridized carbons (Fsp3) is 0.529. The highest BCUT2D eigenvalue weighted by atomic mass is 127. The summed E-state index contributed by atoms with van der Waals surface area (Å²) >= 11 is 0. The fourth-order valence-corrected chi connectivity index (χ4v) is 1.97. The summed E-state index contributed by atoms with van der Waals surface area (Å²) in [6, 6.07) is 9.46. The number of aliphatic imine (C=N–C) groups is 1. The minimum absolute atomic E-state index is 0. The van der Waals surface area contributed by atoms with E-state index in [-0.39, 0.29) is 36.4 Å². The molecule has 6 nitrogen and oxygen atoms in total. The van der Waals surface area contributed by atoms with Crippen LogP contribution in [0.4, 0.5) is 0 Å². The van der Waals surface area contributed by atoms with E-state index in [9.17, 15) is 9.90 Å². The summed E-state index contributed by atoms with van der Waals surface area (Å²) in [4.78, 5) is 17.6. The Morgan fingerprint density at radius 2 is 1.88 bits per heavy atom. The molecule has 0 aliphatic rings. The molecule has 136 valence electrons. The molecular weight excluding hydrogens is 419 g/mol. The van der Waals surface area contributed by atoms with E-state index < -0.39 is 5.60 Å². The third-order valence-corrected chi connectivity index (χ3v) is 3.42. The molecule has 3 N–H and O–H groups in total. The molecule has 0 radical (unpaired) electrons. The van der Waals surface area contributed by atoms with Crippen molar-refractivity contribution in [2.45, 2.75) is 25.9 Å². The summed E-state index contributed by atoms with van der Waals surface area (Å²) in [7, 11) is 3.47. The minimum Gasteiger partial charge on any atom is -0.384 e. The third-order valence-electron chi connectivity index (χ3n) is 3.42. The predicted molar refractivity (Wildman–Crippen MR) is 109 cm³/mol. The zero-order chi connectivity index (χ0) is 17.3. The number of amides is 1. The zero-order valence-corrected chi connectivity index (χ0v) is 17.2. The van der Waals surface area contributed by atoms with Crippen LogP contribution in [0.2, 0.25) is 0 Å². The quantitative estimate of drug-likeness (QED) is 0.336. The minimum atomic E-state index is -1.04. The van der Waals surface area contributed by atoms with E-state index in [2.05, 4.69) is 15.6 Å². The van der Waals surface area contributed by atoms with Crippen LogP contribution in [-0.4, -0.2) is 55.6 Å². The molecule has 24 heavy (non-hydrogen) atoms. The van der Waals surface area contributed by atoms with Gasteiger partial charge in [0.1, 0.15) is 5.60 Å². The summed E-state index contributed by atoms with van der Waals surface area (Å²) in [6.45, 7) is 5.15. The second kappa shape index (κ2) is 11.2. The van der Waals surface area contributed by atoms with Crippen molar-refractivity contribution in [3.05, 3.63) is 35.9 Å². The molecule has 1 unspecified atom stereocenters. The van der Waals surface area contributed by atoms with Gasteiger partial charge in [-0.1, -0.05) is 30.3 Å². The molecule has 1 amide bonds. The summed E-state index contributed by atoms with van der Waals surface area (Å²) in [5, 5.41) is 16.8. The van der Waals surface area contributed by atoms with Crippen LogP contribution in [0, 0.1) is 0 Å². The first-order valence-corrected chi connectivity index (χ1v) is 7.87. The van der Waals surface area contributed by atoms with Crippen molar-refractivity contribution in [3.8, 4) is 0 Å². The number of aliphatic hydroxyl groups is 1. The number of benzene rings is 1. The van der Waals surface area contributed by atoms with E-state index in [4.69, 9.17) is 0 Å². The maximum atomic E-state index is 11.6. The van der Waals surface area contributed by atoms with Gasteiger partial charge in [0.2, 0.25) is 5.91 Å². The van der Waals surface area contributed by atoms with Crippen LogP contribution in [0.15, 0.2) is 35.3 Å². The molecule has 0 heterocycles. The van der Waals surface area contributed by atoms with Crippen LogP contribution in [0.3, 0.4) is 0 Å². The van der Waals surface area contributed by atoms with Gasteiger partial charge in [-0.15, -0.1) is 24.0 Å². The number of guanidine groups is 1. The van der Waals surface area contributed by atoms with E-state index in [1.807, 2.05) is 37.3 Å². The Balaban J connectivity index is 0.00000529. The van der Waals surface area contributed by atoms with Crippen molar-refractivity contribution in [1.82, 2.24) is 15.5 Å². The van der Waals surface area contributed by atoms with Gasteiger partial charge in [0.25, 0.3) is 0 Å². The average Bonchev–Trinajstić information content (AvgIpc) is 2.53. The number of hydrogen-bond acceptors (Lipinski definition) is 3. The van der Waals surface area contributed by atoms with E-state index in [0.717, 1.165) is 5.56 Å². The van der Waals surface area contributed by atoms with Crippen molar-refractivity contribution < 1.29 is 9.90 Å². The highest BCUT2D eigenvalue weighted by molar-refractivity contribution is 14.0. The van der Waals surface area contributed by atoms with E-state index in [1.165, 1.54) is 0 Å². The lowest BCUT2D eigenvalue weighted by molar-refractivity contribution is -0.128. The van der Waals surface area contributed by atoms with Gasteiger partial charge in [0.15, 0.2) is 5.96 Å². The van der Waals surface area contributed by atoms with Gasteiger partial charge in [-0.25, -0.2) is 4.99 Å². The second-order valence-corrected chi connectivity index (χ2v) is 5.80. The highest BCUT2D eigenvalue weighted by Crippen LogP contribution is 2.20. The molecule has 1 rings (SSSR count). The molecule has 0 bridgehead atoms. The molecule has 0 fully saturated rings. The number of nitrogens with zero attached hydrogens (tertiary/aromatic N) is 2. The second-order valence-electron chi connectivity index (χ2n) is 5.80. The Morgan fingerprint density at radius 3 is 2.42 bits per heavy atom. The number of hydrogen-bond donors (Lipinski definition) is 3. The van der Waals surface area contributed by atoms with Gasteiger partial charge in [-0.05, 0) is 19.4 Å². The topological polar surface area (TPSA) is 77.0 Å². The van der Waals surface area contributed by atoms with Crippen LogP contribution in [0.25, 0.3) is 0 Å². The Kier molecular flexibility index (Phi) is 10.6. The van der Waals surface area contributed by atoms with Gasteiger partial charge >= 0.3 is 0 Å². The lowest BCUT2D eigenvalue weighted by Crippen LogP contribution is -2.40. The summed E-state index contributed by atoms with van der Waals surface area (Å²) in [6.07, 6.45) is 0.395. The summed E-state index contributed by atoms with van der Waals surface area (Å²) in [5.74, 6) is 0.653. The molecule has 0 aliphatic carbocycles. The van der Waals surface area contributed by atoms with E-state index >= 15 is 0 Å². The van der Waals surface area contributed by atoms with Crippen LogP contribution >= 0.6 is 24.0 Å². The van der Waals surface area contributed by atoms with Crippen molar-refractivity contribution in [2.24, 2.45) is 4.99 Å². The zero-order valence-electron chi connectivity index (χ0n) is 14.9. The Morgan fingerprint density at radius 1 is 1.25 bits per heavy atom. The van der Waals surface area contributed by atoms with Crippen LogP contribution in [0.1, 0.15) is 25.8 Å². The van der Waals surface area contributed by atoms with Gasteiger partial charge in [-0.2, -0.15) is 0 Å². The number of carbonyl (C=O) groups is 1. The molecule has 1 atom stereocenters. The molecule has 1 aromatic rings. The van der Waals surface area contributed by atoms with Crippen molar-refractivity contribution >= 4 is 35.8 Å². The van der Waals surface area contributed by atoms with Crippen molar-refractivity contribution in [2.75, 3.05) is 33.7 Å². The first-order chi connectivity index (χ1) is 10.9. The monoisotopic (exact) mass is 448 g/mol. The first kappa shape index (κ1) is 22.6. The molecule has 0 saturated carbocycles. The Bertz CT molecular complexity index is 519. The lowest BCUT2D eigenvalue weighted by atomic mass is 9.96. The molecule has 1 aromatic carbocycles. The van der Waals surface area contributed by atoms with E-state index in [0.29, 0.717) is 25.5 Å². The Hall–Kier alpha value is -1.35. The summed E-state index contributed by atoms with van der Waals surface area (Å²) < 4.78 is 0. The number of nitrogens with one attached hydrogen (secondary N) is 2. The molecule has 0 aromatic heterocycles.